The van der Waals surface area contributed by atoms with Crippen LogP contribution in [0.4, 0.5) is 0 Å². The van der Waals surface area contributed by atoms with Crippen molar-refractivity contribution in [1.29, 1.82) is 0 Å². The summed E-state index contributed by atoms with van der Waals surface area (Å²) in [6.45, 7) is 5.93. The number of halogens is 1. The Morgan fingerprint density at radius 1 is 1.36 bits per heavy atom. The third-order valence-electron chi connectivity index (χ3n) is 0.997. The standard InChI is InChI=1S/C7H6Cl.C2H6.Y/c1-6-4-2-3-5-7(6)8;1-2;/h2-3,5H,1H3;1-2H3;/q-1;;. The Labute approximate surface area is 99.2 Å². The molecule has 0 heterocycles. The van der Waals surface area contributed by atoms with Gasteiger partial charge in [0, 0.05) is 32.7 Å². The van der Waals surface area contributed by atoms with Crippen molar-refractivity contribution < 1.29 is 32.7 Å². The largest absolute Gasteiger partial charge is 0.179 e. The molecule has 0 saturated carbocycles. The van der Waals surface area contributed by atoms with E-state index in [2.05, 4.69) is 6.07 Å². The third kappa shape index (κ3) is 5.84. The van der Waals surface area contributed by atoms with E-state index in [1.807, 2.05) is 39.0 Å². The van der Waals surface area contributed by atoms with Gasteiger partial charge in [0.05, 0.1) is 0 Å². The Kier molecular flexibility index (Phi) is 11.2. The second-order valence-corrected chi connectivity index (χ2v) is 2.05. The number of hydrogen-bond acceptors (Lipinski definition) is 0. The Hall–Kier alpha value is 0.614. The van der Waals surface area contributed by atoms with Gasteiger partial charge in [-0.1, -0.05) is 25.8 Å². The van der Waals surface area contributed by atoms with E-state index in [0.29, 0.717) is 0 Å². The Morgan fingerprint density at radius 3 is 2.18 bits per heavy atom. The van der Waals surface area contributed by atoms with Gasteiger partial charge in [0.25, 0.3) is 0 Å². The molecule has 11 heavy (non-hydrogen) atoms. The van der Waals surface area contributed by atoms with Crippen molar-refractivity contribution in [2.75, 3.05) is 0 Å². The van der Waals surface area contributed by atoms with Gasteiger partial charge in [-0.25, -0.2) is 0 Å². The van der Waals surface area contributed by atoms with Crippen molar-refractivity contribution in [1.82, 2.24) is 0 Å². The Balaban J connectivity index is 0. The minimum Gasteiger partial charge on any atom is -0.179 e. The van der Waals surface area contributed by atoms with Crippen LogP contribution >= 0.6 is 11.6 Å². The molecule has 0 aliphatic rings. The molecule has 0 aromatic heterocycles. The van der Waals surface area contributed by atoms with E-state index in [9.17, 15) is 0 Å². The molecule has 1 rings (SSSR count). The smallest absolute Gasteiger partial charge is 0 e. The summed E-state index contributed by atoms with van der Waals surface area (Å²) in [5, 5.41) is 0.785. The second-order valence-electron chi connectivity index (χ2n) is 1.64. The summed E-state index contributed by atoms with van der Waals surface area (Å²) in [7, 11) is 0. The summed E-state index contributed by atoms with van der Waals surface area (Å²) in [4.78, 5) is 0. The van der Waals surface area contributed by atoms with Crippen molar-refractivity contribution in [3.05, 3.63) is 34.9 Å². The van der Waals surface area contributed by atoms with E-state index in [4.69, 9.17) is 11.6 Å². The van der Waals surface area contributed by atoms with Crippen molar-refractivity contribution in [3.63, 3.8) is 0 Å². The summed E-state index contributed by atoms with van der Waals surface area (Å²) in [5.74, 6) is 0. The van der Waals surface area contributed by atoms with E-state index >= 15 is 0 Å². The SMILES string of the molecule is CC.Cc1[c-]cccc1Cl.[Y]. The molecule has 1 aromatic carbocycles. The van der Waals surface area contributed by atoms with E-state index < -0.39 is 0 Å². The minimum atomic E-state index is 0. The van der Waals surface area contributed by atoms with Crippen LogP contribution in [0, 0.1) is 13.0 Å². The molecule has 1 aromatic rings. The maximum Gasteiger partial charge on any atom is 0 e. The number of benzene rings is 1. The fourth-order valence-corrected chi connectivity index (χ4v) is 0.627. The first-order valence-electron chi connectivity index (χ1n) is 3.43. The summed E-state index contributed by atoms with van der Waals surface area (Å²) in [6.07, 6.45) is 0. The summed E-state index contributed by atoms with van der Waals surface area (Å²) < 4.78 is 0. The molecule has 0 bridgehead atoms. The molecule has 2 heteroatoms. The molecule has 0 saturated heterocycles. The molecular formula is C9H12ClY-. The van der Waals surface area contributed by atoms with Crippen LogP contribution in [0.2, 0.25) is 5.02 Å². The molecule has 0 aliphatic heterocycles. The van der Waals surface area contributed by atoms with E-state index in [1.54, 1.807) is 0 Å². The summed E-state index contributed by atoms with van der Waals surface area (Å²) in [5.41, 5.74) is 1.01. The van der Waals surface area contributed by atoms with Crippen LogP contribution < -0.4 is 0 Å². The summed E-state index contributed by atoms with van der Waals surface area (Å²) in [6, 6.07) is 8.54. The van der Waals surface area contributed by atoms with Crippen molar-refractivity contribution in [2.45, 2.75) is 20.8 Å². The maximum atomic E-state index is 5.68. The molecule has 0 amide bonds. The molecule has 1 radical (unpaired) electrons. The number of hydrogen-bond donors (Lipinski definition) is 0. The molecule has 59 valence electrons. The first kappa shape index (κ1) is 14.2. The van der Waals surface area contributed by atoms with Crippen LogP contribution in [-0.2, 0) is 32.7 Å². The van der Waals surface area contributed by atoms with Crippen LogP contribution in [0.15, 0.2) is 18.2 Å². The topological polar surface area (TPSA) is 0 Å². The molecular weight excluding hydrogens is 232 g/mol. The van der Waals surface area contributed by atoms with Crippen molar-refractivity contribution >= 4 is 11.6 Å². The molecule has 0 fully saturated rings. The molecule has 0 unspecified atom stereocenters. The van der Waals surface area contributed by atoms with Gasteiger partial charge in [0.2, 0.25) is 0 Å². The normalized spacial score (nSPS) is 7.27. The van der Waals surface area contributed by atoms with Gasteiger partial charge < -0.3 is 0 Å². The molecule has 0 aliphatic carbocycles. The molecule has 0 spiro atoms. The van der Waals surface area contributed by atoms with Crippen LogP contribution in [0.25, 0.3) is 0 Å². The average molecular weight is 245 g/mol. The van der Waals surface area contributed by atoms with Crippen LogP contribution in [-0.4, -0.2) is 0 Å². The van der Waals surface area contributed by atoms with Crippen LogP contribution in [0.3, 0.4) is 0 Å². The quantitative estimate of drug-likeness (QED) is 0.613. The van der Waals surface area contributed by atoms with Gasteiger partial charge in [0.15, 0.2) is 0 Å². The minimum absolute atomic E-state index is 0. The van der Waals surface area contributed by atoms with Gasteiger partial charge in [-0.15, -0.1) is 5.56 Å². The Bertz CT molecular complexity index is 166. The zero-order valence-electron chi connectivity index (χ0n) is 7.19. The monoisotopic (exact) mass is 244 g/mol. The van der Waals surface area contributed by atoms with Gasteiger partial charge >= 0.3 is 0 Å². The number of rotatable bonds is 0. The zero-order chi connectivity index (χ0) is 7.98. The van der Waals surface area contributed by atoms with Gasteiger partial charge in [-0.2, -0.15) is 35.9 Å². The third-order valence-corrected chi connectivity index (χ3v) is 1.41. The predicted molar refractivity (Wildman–Crippen MR) is 46.4 cm³/mol. The second kappa shape index (κ2) is 8.71. The zero-order valence-corrected chi connectivity index (χ0v) is 10.8. The van der Waals surface area contributed by atoms with Crippen LogP contribution in [0.1, 0.15) is 19.4 Å². The average Bonchev–Trinajstić information content (AvgIpc) is 2.00. The van der Waals surface area contributed by atoms with E-state index in [-0.39, 0.29) is 32.7 Å². The first-order valence-corrected chi connectivity index (χ1v) is 3.81. The molecule has 0 N–H and O–H groups in total. The number of aryl methyl sites for hydroxylation is 1. The fraction of sp³-hybridized carbons (Fsp3) is 0.333. The molecule has 0 nitrogen and oxygen atoms in total. The van der Waals surface area contributed by atoms with Crippen molar-refractivity contribution in [2.24, 2.45) is 0 Å². The summed E-state index contributed by atoms with van der Waals surface area (Å²) >= 11 is 5.68. The van der Waals surface area contributed by atoms with E-state index in [1.165, 1.54) is 0 Å². The predicted octanol–water partition coefficient (Wildman–Crippen LogP) is 3.47. The maximum absolute atomic E-state index is 5.68. The van der Waals surface area contributed by atoms with Gasteiger partial charge in [-0.3, -0.25) is 0 Å². The van der Waals surface area contributed by atoms with E-state index in [0.717, 1.165) is 10.6 Å². The van der Waals surface area contributed by atoms with Crippen molar-refractivity contribution in [3.8, 4) is 0 Å². The fourth-order valence-electron chi connectivity index (χ4n) is 0.500. The first-order chi connectivity index (χ1) is 4.80. The molecule has 0 atom stereocenters. The van der Waals surface area contributed by atoms with Gasteiger partial charge in [0.1, 0.15) is 0 Å². The van der Waals surface area contributed by atoms with Gasteiger partial charge in [-0.05, 0) is 0 Å². The van der Waals surface area contributed by atoms with Crippen LogP contribution in [0.5, 0.6) is 0 Å². The Morgan fingerprint density at radius 2 is 1.91 bits per heavy atom.